The molecule has 66 valence electrons. The van der Waals surface area contributed by atoms with Gasteiger partial charge in [0.05, 0.1) is 0 Å². The van der Waals surface area contributed by atoms with Crippen LogP contribution in [0.1, 0.15) is 11.5 Å². The van der Waals surface area contributed by atoms with Crippen molar-refractivity contribution in [2.45, 2.75) is 19.5 Å². The van der Waals surface area contributed by atoms with Gasteiger partial charge in [0.15, 0.2) is 0 Å². The largest absolute Gasteiger partial charge is 0.479 e. The average Bonchev–Trinajstić information content (AvgIpc) is 2.35. The van der Waals surface area contributed by atoms with Crippen LogP contribution in [0.2, 0.25) is 0 Å². The smallest absolute Gasteiger partial charge is 0.338 e. The first-order valence-corrected chi connectivity index (χ1v) is 3.52. The van der Waals surface area contributed by atoms with Gasteiger partial charge in [0.25, 0.3) is 0 Å². The second-order valence-corrected chi connectivity index (χ2v) is 2.52. The Kier molecular flexibility index (Phi) is 2.47. The van der Waals surface area contributed by atoms with E-state index < -0.39 is 12.1 Å². The van der Waals surface area contributed by atoms with Crippen molar-refractivity contribution < 1.29 is 18.7 Å². The summed E-state index contributed by atoms with van der Waals surface area (Å²) in [6, 6.07) is 3.24. The van der Waals surface area contributed by atoms with Crippen LogP contribution in [0, 0.1) is 6.92 Å². The summed E-state index contributed by atoms with van der Waals surface area (Å²) in [6.07, 6.45) is -2.08. The molecule has 0 aliphatic heterocycles. The van der Waals surface area contributed by atoms with Crippen LogP contribution < -0.4 is 0 Å². The summed E-state index contributed by atoms with van der Waals surface area (Å²) in [5, 5.41) is 8.23. The number of carboxylic acid groups (broad SMARTS) is 1. The van der Waals surface area contributed by atoms with E-state index in [0.717, 1.165) is 0 Å². The maximum atomic E-state index is 12.6. The SMILES string of the molecule is Cc1ccc(CC(F)C(=O)O)o1. The third-order valence-corrected chi connectivity index (χ3v) is 1.44. The average molecular weight is 172 g/mol. The molecule has 0 saturated carbocycles. The van der Waals surface area contributed by atoms with Gasteiger partial charge in [-0.15, -0.1) is 0 Å². The number of rotatable bonds is 3. The van der Waals surface area contributed by atoms with Crippen molar-refractivity contribution in [3.05, 3.63) is 23.7 Å². The second kappa shape index (κ2) is 3.38. The van der Waals surface area contributed by atoms with Gasteiger partial charge in [-0.25, -0.2) is 9.18 Å². The van der Waals surface area contributed by atoms with Gasteiger partial charge in [-0.2, -0.15) is 0 Å². The molecule has 0 aromatic carbocycles. The molecule has 4 heteroatoms. The van der Waals surface area contributed by atoms with Gasteiger partial charge in [-0.3, -0.25) is 0 Å². The van der Waals surface area contributed by atoms with Crippen LogP contribution in [0.5, 0.6) is 0 Å². The van der Waals surface area contributed by atoms with Crippen molar-refractivity contribution in [2.24, 2.45) is 0 Å². The predicted octanol–water partition coefficient (Wildman–Crippen LogP) is 1.55. The Morgan fingerprint density at radius 1 is 1.75 bits per heavy atom. The van der Waals surface area contributed by atoms with E-state index in [1.807, 2.05) is 0 Å². The van der Waals surface area contributed by atoms with E-state index >= 15 is 0 Å². The Labute approximate surface area is 68.8 Å². The molecule has 1 unspecified atom stereocenters. The highest BCUT2D eigenvalue weighted by atomic mass is 19.1. The lowest BCUT2D eigenvalue weighted by atomic mass is 10.2. The van der Waals surface area contributed by atoms with Gasteiger partial charge in [0.2, 0.25) is 6.17 Å². The van der Waals surface area contributed by atoms with Crippen molar-refractivity contribution in [2.75, 3.05) is 0 Å². The molecule has 1 N–H and O–H groups in total. The second-order valence-electron chi connectivity index (χ2n) is 2.52. The molecular formula is C8H9FO3. The number of aliphatic carboxylic acids is 1. The third-order valence-electron chi connectivity index (χ3n) is 1.44. The van der Waals surface area contributed by atoms with E-state index in [9.17, 15) is 9.18 Å². The van der Waals surface area contributed by atoms with Crippen LogP contribution in [0.15, 0.2) is 16.5 Å². The van der Waals surface area contributed by atoms with Crippen molar-refractivity contribution >= 4 is 5.97 Å². The standard InChI is InChI=1S/C8H9FO3/c1-5-2-3-6(12-5)4-7(9)8(10)11/h2-3,7H,4H2,1H3,(H,10,11). The molecule has 0 aliphatic rings. The number of halogens is 1. The molecule has 0 amide bonds. The number of furan rings is 1. The van der Waals surface area contributed by atoms with Crippen LogP contribution in [0.4, 0.5) is 4.39 Å². The van der Waals surface area contributed by atoms with Crippen LogP contribution in [0.25, 0.3) is 0 Å². The summed E-state index contributed by atoms with van der Waals surface area (Å²) in [5.74, 6) is -0.436. The fraction of sp³-hybridized carbons (Fsp3) is 0.375. The Balaban J connectivity index is 2.58. The van der Waals surface area contributed by atoms with Crippen molar-refractivity contribution in [1.82, 2.24) is 0 Å². The Morgan fingerprint density at radius 2 is 2.42 bits per heavy atom. The minimum atomic E-state index is -1.88. The fourth-order valence-electron chi connectivity index (χ4n) is 0.859. The minimum Gasteiger partial charge on any atom is -0.479 e. The summed E-state index contributed by atoms with van der Waals surface area (Å²) in [6.45, 7) is 1.72. The number of hydrogen-bond donors (Lipinski definition) is 1. The molecular weight excluding hydrogens is 163 g/mol. The fourth-order valence-corrected chi connectivity index (χ4v) is 0.859. The lowest BCUT2D eigenvalue weighted by Crippen LogP contribution is -2.16. The number of aryl methyl sites for hydroxylation is 1. The van der Waals surface area contributed by atoms with Crippen molar-refractivity contribution in [3.8, 4) is 0 Å². The molecule has 1 aromatic heterocycles. The highest BCUT2D eigenvalue weighted by molar-refractivity contribution is 5.72. The Morgan fingerprint density at radius 3 is 2.83 bits per heavy atom. The molecule has 12 heavy (non-hydrogen) atoms. The highest BCUT2D eigenvalue weighted by Crippen LogP contribution is 2.10. The van der Waals surface area contributed by atoms with Gasteiger partial charge < -0.3 is 9.52 Å². The minimum absolute atomic E-state index is 0.205. The summed E-state index contributed by atoms with van der Waals surface area (Å²) < 4.78 is 17.6. The quantitative estimate of drug-likeness (QED) is 0.752. The molecule has 1 aromatic rings. The molecule has 0 bridgehead atoms. The number of hydrogen-bond acceptors (Lipinski definition) is 2. The zero-order valence-corrected chi connectivity index (χ0v) is 6.58. The van der Waals surface area contributed by atoms with E-state index in [0.29, 0.717) is 11.5 Å². The van der Waals surface area contributed by atoms with Crippen molar-refractivity contribution in [3.63, 3.8) is 0 Å². The number of carbonyl (C=O) groups is 1. The van der Waals surface area contributed by atoms with Crippen LogP contribution >= 0.6 is 0 Å². The van der Waals surface area contributed by atoms with E-state index in [2.05, 4.69) is 0 Å². The summed E-state index contributed by atoms with van der Waals surface area (Å²) >= 11 is 0. The summed E-state index contributed by atoms with van der Waals surface area (Å²) in [5.41, 5.74) is 0. The van der Waals surface area contributed by atoms with E-state index in [4.69, 9.17) is 9.52 Å². The maximum absolute atomic E-state index is 12.6. The molecule has 3 nitrogen and oxygen atoms in total. The van der Waals surface area contributed by atoms with Gasteiger partial charge >= 0.3 is 5.97 Å². The maximum Gasteiger partial charge on any atom is 0.338 e. The van der Waals surface area contributed by atoms with Crippen molar-refractivity contribution in [1.29, 1.82) is 0 Å². The Bertz CT molecular complexity index is 280. The normalized spacial score (nSPS) is 12.8. The van der Waals surface area contributed by atoms with E-state index in [1.54, 1.807) is 19.1 Å². The first kappa shape index (κ1) is 8.77. The molecule has 0 radical (unpaired) electrons. The molecule has 0 saturated heterocycles. The first-order chi connectivity index (χ1) is 5.59. The van der Waals surface area contributed by atoms with E-state index in [-0.39, 0.29) is 6.42 Å². The third kappa shape index (κ3) is 2.08. The molecule has 0 aliphatic carbocycles. The summed E-state index contributed by atoms with van der Waals surface area (Å²) in [7, 11) is 0. The molecule has 0 spiro atoms. The zero-order valence-electron chi connectivity index (χ0n) is 6.58. The lowest BCUT2D eigenvalue weighted by molar-refractivity contribution is -0.142. The zero-order chi connectivity index (χ0) is 9.14. The number of alkyl halides is 1. The van der Waals surface area contributed by atoms with Gasteiger partial charge in [0, 0.05) is 6.42 Å². The first-order valence-electron chi connectivity index (χ1n) is 3.52. The monoisotopic (exact) mass is 172 g/mol. The highest BCUT2D eigenvalue weighted by Gasteiger charge is 2.17. The molecule has 0 fully saturated rings. The van der Waals surface area contributed by atoms with Crippen LogP contribution in [-0.2, 0) is 11.2 Å². The number of carboxylic acids is 1. The van der Waals surface area contributed by atoms with Gasteiger partial charge in [-0.05, 0) is 19.1 Å². The lowest BCUT2D eigenvalue weighted by Gasteiger charge is -1.98. The predicted molar refractivity (Wildman–Crippen MR) is 39.7 cm³/mol. The van der Waals surface area contributed by atoms with Crippen LogP contribution in [-0.4, -0.2) is 17.2 Å². The molecule has 1 heterocycles. The van der Waals surface area contributed by atoms with E-state index in [1.165, 1.54) is 0 Å². The van der Waals surface area contributed by atoms with Crippen LogP contribution in [0.3, 0.4) is 0 Å². The summed E-state index contributed by atoms with van der Waals surface area (Å²) in [4.78, 5) is 10.1. The molecule has 1 atom stereocenters. The Hall–Kier alpha value is -1.32. The van der Waals surface area contributed by atoms with Gasteiger partial charge in [0.1, 0.15) is 11.5 Å². The topological polar surface area (TPSA) is 50.4 Å². The van der Waals surface area contributed by atoms with Gasteiger partial charge in [-0.1, -0.05) is 0 Å². The molecule has 1 rings (SSSR count).